The number of nitrogens with one attached hydrogen (secondary N) is 1. The van der Waals surface area contributed by atoms with Crippen LogP contribution in [0.2, 0.25) is 0 Å². The number of carbonyl (C=O) groups is 1. The summed E-state index contributed by atoms with van der Waals surface area (Å²) < 4.78 is 4.76. The predicted octanol–water partition coefficient (Wildman–Crippen LogP) is 3.27. The summed E-state index contributed by atoms with van der Waals surface area (Å²) in [6.45, 7) is 0.297. The van der Waals surface area contributed by atoms with E-state index in [0.717, 1.165) is 16.8 Å². The Bertz CT molecular complexity index is 869. The third-order valence-corrected chi connectivity index (χ3v) is 4.52. The van der Waals surface area contributed by atoms with Crippen LogP contribution < -0.4 is 5.32 Å². The second kappa shape index (κ2) is 7.86. The molecule has 0 saturated carbocycles. The molecule has 1 atom stereocenters. The van der Waals surface area contributed by atoms with E-state index in [-0.39, 0.29) is 11.8 Å². The first kappa shape index (κ1) is 17.0. The van der Waals surface area contributed by atoms with Crippen LogP contribution in [0, 0.1) is 0 Å². The second-order valence-electron chi connectivity index (χ2n) is 6.34. The van der Waals surface area contributed by atoms with Gasteiger partial charge < -0.3 is 14.7 Å². The van der Waals surface area contributed by atoms with Crippen molar-refractivity contribution in [3.8, 4) is 0 Å². The van der Waals surface area contributed by atoms with Crippen molar-refractivity contribution in [1.82, 2.24) is 10.5 Å². The van der Waals surface area contributed by atoms with Crippen LogP contribution in [0.3, 0.4) is 0 Å². The summed E-state index contributed by atoms with van der Waals surface area (Å²) in [5.74, 6) is -0.252. The lowest BCUT2D eigenvalue weighted by atomic mass is 9.85. The SMILES string of the molecule is O=C(NCc1ccon1)[C@@H]1CC(C(c2ccccc2)c2ccccc2)=NO1. The van der Waals surface area contributed by atoms with Gasteiger partial charge in [0.15, 0.2) is 0 Å². The molecule has 1 aliphatic rings. The molecule has 1 amide bonds. The maximum atomic E-state index is 12.4. The topological polar surface area (TPSA) is 76.7 Å². The maximum Gasteiger partial charge on any atom is 0.264 e. The number of aromatic nitrogens is 1. The van der Waals surface area contributed by atoms with E-state index < -0.39 is 6.10 Å². The van der Waals surface area contributed by atoms with Crippen molar-refractivity contribution < 1.29 is 14.2 Å². The molecular weight excluding hydrogens is 342 g/mol. The van der Waals surface area contributed by atoms with Crippen molar-refractivity contribution in [3.63, 3.8) is 0 Å². The van der Waals surface area contributed by atoms with E-state index in [1.54, 1.807) is 6.07 Å². The molecule has 0 unspecified atom stereocenters. The van der Waals surface area contributed by atoms with Gasteiger partial charge in [-0.05, 0) is 11.1 Å². The summed E-state index contributed by atoms with van der Waals surface area (Å²) >= 11 is 0. The highest BCUT2D eigenvalue weighted by Crippen LogP contribution is 2.31. The number of oxime groups is 1. The fraction of sp³-hybridized carbons (Fsp3) is 0.190. The smallest absolute Gasteiger partial charge is 0.264 e. The standard InChI is InChI=1S/C21H19N3O3/c25-21(22-14-17-11-12-26-23-17)19-13-18(24-27-19)20(15-7-3-1-4-8-15)16-9-5-2-6-10-16/h1-12,19-20H,13-14H2,(H,22,25)/t19-/m0/s1. The summed E-state index contributed by atoms with van der Waals surface area (Å²) in [7, 11) is 0. The minimum absolute atomic E-state index is 0.0410. The Morgan fingerprint density at radius 3 is 2.30 bits per heavy atom. The fourth-order valence-corrected chi connectivity index (χ4v) is 3.20. The van der Waals surface area contributed by atoms with E-state index in [4.69, 9.17) is 9.36 Å². The summed E-state index contributed by atoms with van der Waals surface area (Å²) in [4.78, 5) is 17.9. The van der Waals surface area contributed by atoms with Gasteiger partial charge in [-0.1, -0.05) is 71.0 Å². The zero-order chi connectivity index (χ0) is 18.5. The molecule has 1 aromatic heterocycles. The monoisotopic (exact) mass is 361 g/mol. The molecular formula is C21H19N3O3. The highest BCUT2D eigenvalue weighted by atomic mass is 16.6. The molecule has 6 heteroatoms. The number of nitrogens with zero attached hydrogens (tertiary/aromatic N) is 2. The van der Waals surface area contributed by atoms with Gasteiger partial charge in [-0.25, -0.2) is 0 Å². The van der Waals surface area contributed by atoms with Gasteiger partial charge in [0.05, 0.1) is 18.2 Å². The summed E-state index contributed by atoms with van der Waals surface area (Å²) in [5.41, 5.74) is 3.74. The van der Waals surface area contributed by atoms with Crippen LogP contribution >= 0.6 is 0 Å². The van der Waals surface area contributed by atoms with Crippen LogP contribution in [-0.4, -0.2) is 22.9 Å². The summed E-state index contributed by atoms with van der Waals surface area (Å²) in [6, 6.07) is 22.0. The lowest BCUT2D eigenvalue weighted by Crippen LogP contribution is -2.34. The molecule has 2 heterocycles. The van der Waals surface area contributed by atoms with Crippen molar-refractivity contribution in [2.24, 2.45) is 5.16 Å². The molecule has 1 aliphatic heterocycles. The summed E-state index contributed by atoms with van der Waals surface area (Å²) in [5, 5.41) is 10.8. The third-order valence-electron chi connectivity index (χ3n) is 4.52. The van der Waals surface area contributed by atoms with Gasteiger partial charge in [0.1, 0.15) is 12.0 Å². The molecule has 0 bridgehead atoms. The van der Waals surface area contributed by atoms with Crippen LogP contribution in [0.1, 0.15) is 29.2 Å². The van der Waals surface area contributed by atoms with Gasteiger partial charge in [-0.3, -0.25) is 4.79 Å². The Labute approximate surface area is 156 Å². The first-order valence-electron chi connectivity index (χ1n) is 8.80. The van der Waals surface area contributed by atoms with Crippen LogP contribution in [0.25, 0.3) is 0 Å². The number of amides is 1. The number of hydrogen-bond donors (Lipinski definition) is 1. The Hall–Kier alpha value is -3.41. The lowest BCUT2D eigenvalue weighted by molar-refractivity contribution is -0.131. The zero-order valence-corrected chi connectivity index (χ0v) is 14.6. The van der Waals surface area contributed by atoms with Crippen molar-refractivity contribution >= 4 is 11.6 Å². The number of hydrogen-bond acceptors (Lipinski definition) is 5. The number of carbonyl (C=O) groups excluding carboxylic acids is 1. The predicted molar refractivity (Wildman–Crippen MR) is 100 cm³/mol. The van der Waals surface area contributed by atoms with E-state index in [9.17, 15) is 4.79 Å². The molecule has 2 aromatic carbocycles. The van der Waals surface area contributed by atoms with Crippen LogP contribution in [0.5, 0.6) is 0 Å². The van der Waals surface area contributed by atoms with Crippen molar-refractivity contribution in [2.75, 3.05) is 0 Å². The molecule has 0 radical (unpaired) electrons. The average Bonchev–Trinajstić information content (AvgIpc) is 3.41. The van der Waals surface area contributed by atoms with E-state index >= 15 is 0 Å². The van der Waals surface area contributed by atoms with Gasteiger partial charge in [-0.2, -0.15) is 0 Å². The van der Waals surface area contributed by atoms with Crippen molar-refractivity contribution in [2.45, 2.75) is 25.0 Å². The Morgan fingerprint density at radius 2 is 1.70 bits per heavy atom. The molecule has 0 aliphatic carbocycles. The molecule has 3 aromatic rings. The second-order valence-corrected chi connectivity index (χ2v) is 6.34. The van der Waals surface area contributed by atoms with Gasteiger partial charge in [0.2, 0.25) is 6.10 Å². The number of benzene rings is 2. The Kier molecular flexibility index (Phi) is 4.96. The quantitative estimate of drug-likeness (QED) is 0.731. The van der Waals surface area contributed by atoms with Crippen molar-refractivity contribution in [1.29, 1.82) is 0 Å². The van der Waals surface area contributed by atoms with Crippen molar-refractivity contribution in [3.05, 3.63) is 89.8 Å². The number of rotatable bonds is 6. The van der Waals surface area contributed by atoms with Gasteiger partial charge in [0.25, 0.3) is 5.91 Å². The van der Waals surface area contributed by atoms with Crippen LogP contribution in [0.15, 0.2) is 82.7 Å². The third kappa shape index (κ3) is 3.89. The first-order valence-corrected chi connectivity index (χ1v) is 8.80. The van der Waals surface area contributed by atoms with E-state index in [2.05, 4.69) is 39.9 Å². The molecule has 0 fully saturated rings. The van der Waals surface area contributed by atoms with E-state index in [1.165, 1.54) is 6.26 Å². The minimum Gasteiger partial charge on any atom is -0.382 e. The van der Waals surface area contributed by atoms with Crippen LogP contribution in [0.4, 0.5) is 0 Å². The highest BCUT2D eigenvalue weighted by molar-refractivity contribution is 5.98. The van der Waals surface area contributed by atoms with E-state index in [1.807, 2.05) is 36.4 Å². The molecule has 4 rings (SSSR count). The molecule has 6 nitrogen and oxygen atoms in total. The molecule has 1 N–H and O–H groups in total. The molecule has 0 spiro atoms. The molecule has 136 valence electrons. The maximum absolute atomic E-state index is 12.4. The average molecular weight is 361 g/mol. The first-order chi connectivity index (χ1) is 13.3. The normalized spacial score (nSPS) is 16.0. The largest absolute Gasteiger partial charge is 0.382 e. The lowest BCUT2D eigenvalue weighted by Gasteiger charge is -2.17. The molecule has 27 heavy (non-hydrogen) atoms. The minimum atomic E-state index is -0.637. The van der Waals surface area contributed by atoms with E-state index in [0.29, 0.717) is 18.7 Å². The Balaban J connectivity index is 1.48. The summed E-state index contributed by atoms with van der Waals surface area (Å²) in [6.07, 6.45) is 1.28. The highest BCUT2D eigenvalue weighted by Gasteiger charge is 2.33. The Morgan fingerprint density at radius 1 is 1.04 bits per heavy atom. The van der Waals surface area contributed by atoms with Gasteiger partial charge in [-0.15, -0.1) is 0 Å². The van der Waals surface area contributed by atoms with Crippen LogP contribution in [-0.2, 0) is 16.2 Å². The van der Waals surface area contributed by atoms with Gasteiger partial charge in [0, 0.05) is 12.5 Å². The molecule has 0 saturated heterocycles. The van der Waals surface area contributed by atoms with Gasteiger partial charge >= 0.3 is 0 Å². The fourth-order valence-electron chi connectivity index (χ4n) is 3.20. The zero-order valence-electron chi connectivity index (χ0n) is 14.6.